The van der Waals surface area contributed by atoms with E-state index in [-0.39, 0.29) is 5.41 Å². The number of nitrogens with zero attached hydrogens (tertiary/aromatic N) is 2. The van der Waals surface area contributed by atoms with Crippen molar-refractivity contribution in [3.63, 3.8) is 0 Å². The van der Waals surface area contributed by atoms with E-state index in [9.17, 15) is 0 Å². The Bertz CT molecular complexity index is 2530. The van der Waals surface area contributed by atoms with Crippen LogP contribution in [0.2, 0.25) is 0 Å². The molecule has 7 aromatic carbocycles. The van der Waals surface area contributed by atoms with Gasteiger partial charge in [-0.2, -0.15) is 0 Å². The van der Waals surface area contributed by atoms with Gasteiger partial charge in [-0.1, -0.05) is 123 Å². The molecule has 1 heterocycles. The van der Waals surface area contributed by atoms with Crippen LogP contribution in [0.5, 0.6) is 0 Å². The molecule has 232 valence electrons. The summed E-state index contributed by atoms with van der Waals surface area (Å²) in [5.74, 6) is 1.49. The van der Waals surface area contributed by atoms with E-state index in [1.54, 1.807) is 0 Å². The number of anilines is 3. The van der Waals surface area contributed by atoms with Crippen molar-refractivity contribution in [1.29, 1.82) is 0 Å². The van der Waals surface area contributed by atoms with Crippen molar-refractivity contribution in [3.8, 4) is 56.3 Å². The molecule has 0 spiro atoms. The van der Waals surface area contributed by atoms with E-state index in [1.807, 2.05) is 30.3 Å². The molecule has 49 heavy (non-hydrogen) atoms. The fourth-order valence-corrected chi connectivity index (χ4v) is 8.05. The molecule has 0 saturated carbocycles. The second-order valence-electron chi connectivity index (χ2n) is 13.6. The number of aromatic nitrogens is 1. The number of rotatable bonds is 5. The van der Waals surface area contributed by atoms with E-state index < -0.39 is 0 Å². The molecule has 10 rings (SSSR count). The van der Waals surface area contributed by atoms with Crippen molar-refractivity contribution in [2.75, 3.05) is 4.90 Å². The summed E-state index contributed by atoms with van der Waals surface area (Å²) in [5, 5.41) is 2.35. The van der Waals surface area contributed by atoms with Crippen LogP contribution in [-0.4, -0.2) is 4.98 Å². The third kappa shape index (κ3) is 4.12. The van der Waals surface area contributed by atoms with Gasteiger partial charge in [-0.25, -0.2) is 4.98 Å². The molecule has 0 bridgehead atoms. The van der Waals surface area contributed by atoms with Gasteiger partial charge in [-0.3, -0.25) is 0 Å². The van der Waals surface area contributed by atoms with Crippen LogP contribution in [0, 0.1) is 0 Å². The highest BCUT2D eigenvalue weighted by molar-refractivity contribution is 6.17. The Morgan fingerprint density at radius 2 is 1.14 bits per heavy atom. The van der Waals surface area contributed by atoms with Crippen molar-refractivity contribution in [2.24, 2.45) is 0 Å². The number of hydrogen-bond donors (Lipinski definition) is 0. The summed E-state index contributed by atoms with van der Waals surface area (Å²) in [6.45, 7) is 4.69. The van der Waals surface area contributed by atoms with Crippen molar-refractivity contribution in [3.05, 3.63) is 169 Å². The highest BCUT2D eigenvalue weighted by Gasteiger charge is 2.36. The molecule has 1 aromatic heterocycles. The Balaban J connectivity index is 1.16. The zero-order valence-corrected chi connectivity index (χ0v) is 27.3. The molecule has 0 saturated heterocycles. The minimum atomic E-state index is -0.108. The summed E-state index contributed by atoms with van der Waals surface area (Å²) in [6.07, 6.45) is 0. The molecule has 0 fully saturated rings. The van der Waals surface area contributed by atoms with Gasteiger partial charge in [0.1, 0.15) is 5.69 Å². The van der Waals surface area contributed by atoms with Crippen LogP contribution >= 0.6 is 0 Å². The molecular weight excluding hydrogens is 597 g/mol. The maximum Gasteiger partial charge on any atom is 0.227 e. The minimum Gasteiger partial charge on any atom is -0.435 e. The average molecular weight is 629 g/mol. The SMILES string of the molecule is CC1(C)c2ccccc2-c2ccc(N(c3ccc(-c4ccccc4)cc3)c3ccc4c5c(cccc35)-c3oc(-c5ccccc5)nc3-4)cc21. The highest BCUT2D eigenvalue weighted by Crippen LogP contribution is 2.54. The van der Waals surface area contributed by atoms with Crippen LogP contribution in [0.3, 0.4) is 0 Å². The number of fused-ring (bicyclic) bond motifs is 6. The lowest BCUT2D eigenvalue weighted by molar-refractivity contribution is 0.590. The van der Waals surface area contributed by atoms with Gasteiger partial charge in [0.25, 0.3) is 0 Å². The fraction of sp³-hybridized carbons (Fsp3) is 0.0652. The first-order valence-electron chi connectivity index (χ1n) is 16.9. The van der Waals surface area contributed by atoms with E-state index in [0.29, 0.717) is 5.89 Å². The zero-order valence-electron chi connectivity index (χ0n) is 27.3. The smallest absolute Gasteiger partial charge is 0.227 e. The number of benzene rings is 7. The largest absolute Gasteiger partial charge is 0.435 e. The normalized spacial score (nSPS) is 13.3. The topological polar surface area (TPSA) is 29.3 Å². The second-order valence-corrected chi connectivity index (χ2v) is 13.6. The number of oxazole rings is 1. The van der Waals surface area contributed by atoms with Crippen LogP contribution in [0.25, 0.3) is 67.1 Å². The molecule has 0 radical (unpaired) electrons. The predicted molar refractivity (Wildman–Crippen MR) is 202 cm³/mol. The van der Waals surface area contributed by atoms with Crippen LogP contribution in [0.4, 0.5) is 17.1 Å². The van der Waals surface area contributed by atoms with Crippen LogP contribution in [-0.2, 0) is 5.41 Å². The first-order chi connectivity index (χ1) is 24.1. The van der Waals surface area contributed by atoms with Gasteiger partial charge >= 0.3 is 0 Å². The molecule has 0 N–H and O–H groups in total. The van der Waals surface area contributed by atoms with E-state index in [4.69, 9.17) is 9.40 Å². The molecule has 0 amide bonds. The Morgan fingerprint density at radius 1 is 0.510 bits per heavy atom. The quantitative estimate of drug-likeness (QED) is 0.190. The summed E-state index contributed by atoms with van der Waals surface area (Å²) in [4.78, 5) is 7.44. The van der Waals surface area contributed by atoms with Crippen molar-refractivity contribution in [1.82, 2.24) is 4.98 Å². The summed E-state index contributed by atoms with van der Waals surface area (Å²) < 4.78 is 6.49. The minimum absolute atomic E-state index is 0.108. The lowest BCUT2D eigenvalue weighted by Crippen LogP contribution is -2.16. The third-order valence-electron chi connectivity index (χ3n) is 10.5. The summed E-state index contributed by atoms with van der Waals surface area (Å²) in [7, 11) is 0. The molecular formula is C46H32N2O. The molecule has 0 aliphatic heterocycles. The molecule has 3 heteroatoms. The molecule has 0 unspecified atom stereocenters. The van der Waals surface area contributed by atoms with Crippen LogP contribution in [0.15, 0.2) is 162 Å². The maximum absolute atomic E-state index is 6.49. The Labute approximate surface area is 285 Å². The molecule has 3 nitrogen and oxygen atoms in total. The molecule has 8 aromatic rings. The lowest BCUT2D eigenvalue weighted by atomic mass is 9.82. The number of hydrogen-bond acceptors (Lipinski definition) is 3. The Kier molecular flexibility index (Phi) is 5.92. The molecule has 2 aliphatic rings. The summed E-state index contributed by atoms with van der Waals surface area (Å²) in [5.41, 5.74) is 15.1. The Hall–Kier alpha value is -6.19. The maximum atomic E-state index is 6.49. The predicted octanol–water partition coefficient (Wildman–Crippen LogP) is 12.6. The van der Waals surface area contributed by atoms with Crippen LogP contribution in [0.1, 0.15) is 25.0 Å². The summed E-state index contributed by atoms with van der Waals surface area (Å²) >= 11 is 0. The van der Waals surface area contributed by atoms with Crippen molar-refractivity contribution < 1.29 is 4.42 Å². The van der Waals surface area contributed by atoms with E-state index >= 15 is 0 Å². The summed E-state index contributed by atoms with van der Waals surface area (Å²) in [6, 6.07) is 56.5. The Morgan fingerprint density at radius 3 is 1.94 bits per heavy atom. The highest BCUT2D eigenvalue weighted by atomic mass is 16.4. The van der Waals surface area contributed by atoms with Crippen molar-refractivity contribution >= 4 is 27.8 Å². The average Bonchev–Trinajstić information content (AvgIpc) is 3.79. The standard InChI is InChI=1S/C46H32N2O/c1-46(2)39-19-10-9-16-34(39)35-25-24-33(28-40(35)46)48(32-22-20-30(21-23-32)29-12-5-3-6-13-29)41-27-26-37-42-36(41)17-11-18-38(42)44-43(37)47-45(49-44)31-14-7-4-8-15-31/h3-28H,1-2H3. The van der Waals surface area contributed by atoms with E-state index in [2.05, 4.69) is 146 Å². The first-order valence-corrected chi connectivity index (χ1v) is 16.9. The monoisotopic (exact) mass is 628 g/mol. The van der Waals surface area contributed by atoms with Crippen molar-refractivity contribution in [2.45, 2.75) is 19.3 Å². The third-order valence-corrected chi connectivity index (χ3v) is 10.5. The van der Waals surface area contributed by atoms with E-state index in [1.165, 1.54) is 44.2 Å². The van der Waals surface area contributed by atoms with Gasteiger partial charge in [0.15, 0.2) is 5.76 Å². The zero-order chi connectivity index (χ0) is 32.7. The first kappa shape index (κ1) is 27.9. The van der Waals surface area contributed by atoms with Gasteiger partial charge in [0.2, 0.25) is 5.89 Å². The van der Waals surface area contributed by atoms with Gasteiger partial charge in [0.05, 0.1) is 5.69 Å². The second kappa shape index (κ2) is 10.4. The van der Waals surface area contributed by atoms with Gasteiger partial charge in [-0.05, 0) is 81.9 Å². The van der Waals surface area contributed by atoms with E-state index in [0.717, 1.165) is 45.2 Å². The van der Waals surface area contributed by atoms with Gasteiger partial charge in [0, 0.05) is 44.3 Å². The molecule has 0 atom stereocenters. The van der Waals surface area contributed by atoms with Gasteiger partial charge in [-0.15, -0.1) is 0 Å². The fourth-order valence-electron chi connectivity index (χ4n) is 8.05. The lowest BCUT2D eigenvalue weighted by Gasteiger charge is -2.29. The van der Waals surface area contributed by atoms with Crippen LogP contribution < -0.4 is 4.90 Å². The van der Waals surface area contributed by atoms with Gasteiger partial charge < -0.3 is 9.32 Å². The molecule has 2 aliphatic carbocycles.